The van der Waals surface area contributed by atoms with Gasteiger partial charge in [-0.2, -0.15) is 0 Å². The molecule has 5 rings (SSSR count). The molecule has 40 heavy (non-hydrogen) atoms. The summed E-state index contributed by atoms with van der Waals surface area (Å²) in [6, 6.07) is 21.5. The van der Waals surface area contributed by atoms with Crippen molar-refractivity contribution in [2.45, 2.75) is 26.5 Å². The fourth-order valence-electron chi connectivity index (χ4n) is 4.50. The minimum absolute atomic E-state index is 0.0840. The molecule has 0 saturated heterocycles. The molecule has 0 radical (unpaired) electrons. The van der Waals surface area contributed by atoms with Gasteiger partial charge in [0.2, 0.25) is 5.88 Å². The van der Waals surface area contributed by atoms with E-state index in [1.165, 1.54) is 6.07 Å². The number of aromatic nitrogens is 3. The van der Waals surface area contributed by atoms with E-state index in [9.17, 15) is 14.3 Å². The summed E-state index contributed by atoms with van der Waals surface area (Å²) in [5.41, 5.74) is 5.65. The van der Waals surface area contributed by atoms with E-state index in [1.54, 1.807) is 37.4 Å². The molecular weight excluding hydrogens is 577 g/mol. The smallest absolute Gasteiger partial charge is 0.335 e. The number of carboxylic acid groups (broad SMARTS) is 1. The SMILES string of the molecule is COCCn1c(Cc2ccc(-c3cccc(OCc4ccc(C)cc4F)n3)c(Br)c2)nc2ccc(C(=O)O)cc21. The maximum atomic E-state index is 14.2. The lowest BCUT2D eigenvalue weighted by Gasteiger charge is -2.12. The molecule has 2 heterocycles. The average Bonchev–Trinajstić information content (AvgIpc) is 3.27. The van der Waals surface area contributed by atoms with Crippen LogP contribution in [-0.2, 0) is 24.3 Å². The van der Waals surface area contributed by atoms with E-state index in [0.717, 1.165) is 38.0 Å². The van der Waals surface area contributed by atoms with Gasteiger partial charge < -0.3 is 19.1 Å². The number of aryl methyl sites for hydroxylation is 1. The minimum atomic E-state index is -0.979. The topological polar surface area (TPSA) is 86.5 Å². The number of imidazole rings is 1. The Bertz CT molecular complexity index is 1700. The number of fused-ring (bicyclic) bond motifs is 1. The molecule has 0 unspecified atom stereocenters. The second kappa shape index (κ2) is 12.0. The number of pyridine rings is 1. The molecule has 204 valence electrons. The maximum Gasteiger partial charge on any atom is 0.335 e. The van der Waals surface area contributed by atoms with E-state index >= 15 is 0 Å². The molecule has 0 atom stereocenters. The minimum Gasteiger partial charge on any atom is -0.478 e. The molecule has 0 saturated carbocycles. The van der Waals surface area contributed by atoms with Gasteiger partial charge in [0.15, 0.2) is 0 Å². The quantitative estimate of drug-likeness (QED) is 0.188. The van der Waals surface area contributed by atoms with Crippen molar-refractivity contribution in [1.82, 2.24) is 14.5 Å². The van der Waals surface area contributed by atoms with Crippen molar-refractivity contribution in [3.05, 3.63) is 111 Å². The number of nitrogens with zero attached hydrogens (tertiary/aromatic N) is 3. The number of methoxy groups -OCH3 is 1. The number of ether oxygens (including phenoxy) is 2. The van der Waals surface area contributed by atoms with Gasteiger partial charge in [0.05, 0.1) is 28.9 Å². The normalized spacial score (nSPS) is 11.2. The van der Waals surface area contributed by atoms with Crippen molar-refractivity contribution in [1.29, 1.82) is 0 Å². The van der Waals surface area contributed by atoms with Gasteiger partial charge in [0, 0.05) is 41.7 Å². The first-order chi connectivity index (χ1) is 19.3. The van der Waals surface area contributed by atoms with Gasteiger partial charge in [-0.15, -0.1) is 0 Å². The Kier molecular flexibility index (Phi) is 8.23. The summed E-state index contributed by atoms with van der Waals surface area (Å²) in [5.74, 6) is -0.0624. The number of rotatable bonds is 10. The molecule has 0 amide bonds. The second-order valence-electron chi connectivity index (χ2n) is 9.42. The third-order valence-electron chi connectivity index (χ3n) is 6.57. The lowest BCUT2D eigenvalue weighted by molar-refractivity contribution is 0.0697. The van der Waals surface area contributed by atoms with Crippen LogP contribution in [0.3, 0.4) is 0 Å². The van der Waals surface area contributed by atoms with Crippen LogP contribution in [0.4, 0.5) is 4.39 Å². The van der Waals surface area contributed by atoms with Gasteiger partial charge in [-0.1, -0.05) is 46.3 Å². The average molecular weight is 604 g/mol. The van der Waals surface area contributed by atoms with E-state index < -0.39 is 5.97 Å². The molecule has 5 aromatic rings. The molecular formula is C31H27BrFN3O4. The van der Waals surface area contributed by atoms with Crippen molar-refractivity contribution in [2.24, 2.45) is 0 Å². The zero-order valence-corrected chi connectivity index (χ0v) is 23.6. The Balaban J connectivity index is 1.37. The molecule has 0 aliphatic carbocycles. The van der Waals surface area contributed by atoms with Crippen molar-refractivity contribution >= 4 is 32.9 Å². The summed E-state index contributed by atoms with van der Waals surface area (Å²) < 4.78 is 28.1. The molecule has 1 N–H and O–H groups in total. The van der Waals surface area contributed by atoms with Crippen molar-refractivity contribution < 1.29 is 23.8 Å². The third kappa shape index (κ3) is 6.05. The zero-order chi connectivity index (χ0) is 28.2. The van der Waals surface area contributed by atoms with Crippen LogP contribution in [0.2, 0.25) is 0 Å². The monoisotopic (exact) mass is 603 g/mol. The maximum absolute atomic E-state index is 14.2. The molecule has 0 spiro atoms. The predicted octanol–water partition coefficient (Wildman–Crippen LogP) is 6.82. The molecule has 0 aliphatic heterocycles. The Hall–Kier alpha value is -4.08. The van der Waals surface area contributed by atoms with Crippen LogP contribution in [0.1, 0.15) is 32.9 Å². The first kappa shape index (κ1) is 27.5. The van der Waals surface area contributed by atoms with Gasteiger partial charge >= 0.3 is 5.97 Å². The van der Waals surface area contributed by atoms with E-state index in [1.807, 2.05) is 47.9 Å². The molecule has 0 aliphatic rings. The van der Waals surface area contributed by atoms with Crippen LogP contribution in [-0.4, -0.2) is 39.3 Å². The van der Waals surface area contributed by atoms with E-state index in [0.29, 0.717) is 36.7 Å². The second-order valence-corrected chi connectivity index (χ2v) is 10.3. The fourth-order valence-corrected chi connectivity index (χ4v) is 5.13. The van der Waals surface area contributed by atoms with Gasteiger partial charge in [0.1, 0.15) is 18.2 Å². The summed E-state index contributed by atoms with van der Waals surface area (Å²) in [7, 11) is 1.63. The number of hydrogen-bond acceptors (Lipinski definition) is 5. The Morgan fingerprint density at radius 3 is 2.65 bits per heavy atom. The van der Waals surface area contributed by atoms with Crippen LogP contribution in [0.25, 0.3) is 22.3 Å². The Labute approximate surface area is 239 Å². The molecule has 2 aromatic heterocycles. The molecule has 9 heteroatoms. The summed E-state index contributed by atoms with van der Waals surface area (Å²) in [5, 5.41) is 9.44. The number of carboxylic acids is 1. The van der Waals surface area contributed by atoms with Crippen LogP contribution in [0.5, 0.6) is 5.88 Å². The lowest BCUT2D eigenvalue weighted by Crippen LogP contribution is -2.09. The van der Waals surface area contributed by atoms with Crippen LogP contribution >= 0.6 is 15.9 Å². The largest absolute Gasteiger partial charge is 0.478 e. The number of carbonyl (C=O) groups is 1. The third-order valence-corrected chi connectivity index (χ3v) is 7.23. The van der Waals surface area contributed by atoms with E-state index in [-0.39, 0.29) is 18.0 Å². The molecule has 7 nitrogen and oxygen atoms in total. The van der Waals surface area contributed by atoms with Crippen molar-refractivity contribution in [2.75, 3.05) is 13.7 Å². The number of halogens is 2. The van der Waals surface area contributed by atoms with Gasteiger partial charge in [-0.3, -0.25) is 0 Å². The highest BCUT2D eigenvalue weighted by atomic mass is 79.9. The fraction of sp³-hybridized carbons (Fsp3) is 0.194. The van der Waals surface area contributed by atoms with Crippen molar-refractivity contribution in [3.63, 3.8) is 0 Å². The van der Waals surface area contributed by atoms with Gasteiger partial charge in [-0.25, -0.2) is 19.2 Å². The standard InChI is InChI=1S/C31H27BrFN3O4/c1-19-6-8-22(25(33)14-19)18-40-30-5-3-4-26(35-30)23-10-7-20(15-24(23)32)16-29-34-27-11-9-21(31(37)38)17-28(27)36(29)12-13-39-2/h3-11,14-15,17H,12-13,16,18H2,1-2H3,(H,37,38). The van der Waals surface area contributed by atoms with Crippen LogP contribution < -0.4 is 4.74 Å². The highest BCUT2D eigenvalue weighted by Crippen LogP contribution is 2.30. The number of benzene rings is 3. The molecule has 0 fully saturated rings. The lowest BCUT2D eigenvalue weighted by atomic mass is 10.1. The van der Waals surface area contributed by atoms with Crippen LogP contribution in [0, 0.1) is 12.7 Å². The summed E-state index contributed by atoms with van der Waals surface area (Å²) >= 11 is 3.69. The number of hydrogen-bond donors (Lipinski definition) is 1. The highest BCUT2D eigenvalue weighted by Gasteiger charge is 2.15. The van der Waals surface area contributed by atoms with Gasteiger partial charge in [-0.05, 0) is 54.4 Å². The predicted molar refractivity (Wildman–Crippen MR) is 154 cm³/mol. The molecule has 0 bridgehead atoms. The van der Waals surface area contributed by atoms with E-state index in [4.69, 9.17) is 14.5 Å². The summed E-state index contributed by atoms with van der Waals surface area (Å²) in [4.78, 5) is 20.9. The van der Waals surface area contributed by atoms with Crippen LogP contribution in [0.15, 0.2) is 77.3 Å². The first-order valence-electron chi connectivity index (χ1n) is 12.7. The number of aromatic carboxylic acids is 1. The molecule has 3 aromatic carbocycles. The highest BCUT2D eigenvalue weighted by molar-refractivity contribution is 9.10. The zero-order valence-electron chi connectivity index (χ0n) is 22.0. The summed E-state index contributed by atoms with van der Waals surface area (Å²) in [6.45, 7) is 2.95. The van der Waals surface area contributed by atoms with Gasteiger partial charge in [0.25, 0.3) is 0 Å². The Morgan fingerprint density at radius 2 is 1.90 bits per heavy atom. The summed E-state index contributed by atoms with van der Waals surface area (Å²) in [6.07, 6.45) is 0.540. The first-order valence-corrected chi connectivity index (χ1v) is 13.5. The van der Waals surface area contributed by atoms with E-state index in [2.05, 4.69) is 20.9 Å². The Morgan fingerprint density at radius 1 is 1.05 bits per heavy atom. The van der Waals surface area contributed by atoms with Crippen molar-refractivity contribution in [3.8, 4) is 17.1 Å².